The smallest absolute Gasteiger partial charge is 0.239 e. The highest BCUT2D eigenvalue weighted by atomic mass is 16.2. The minimum Gasteiger partial charge on any atom is -0.343 e. The monoisotopic (exact) mass is 349 g/mol. The van der Waals surface area contributed by atoms with Gasteiger partial charge in [-0.2, -0.15) is 5.26 Å². The van der Waals surface area contributed by atoms with Crippen LogP contribution < -0.4 is 0 Å². The molecule has 0 aromatic heterocycles. The van der Waals surface area contributed by atoms with E-state index in [9.17, 15) is 9.59 Å². The maximum atomic E-state index is 12.6. The molecule has 0 aromatic rings. The number of hydrogen-bond acceptors (Lipinski definition) is 5. The molecule has 2 rings (SSSR count). The van der Waals surface area contributed by atoms with Gasteiger partial charge in [-0.3, -0.25) is 19.4 Å². The lowest BCUT2D eigenvalue weighted by atomic mass is 10.0. The topological polar surface area (TPSA) is 70.9 Å². The highest BCUT2D eigenvalue weighted by molar-refractivity contribution is 5.81. The second kappa shape index (κ2) is 8.63. The van der Waals surface area contributed by atoms with Crippen molar-refractivity contribution in [2.45, 2.75) is 39.3 Å². The van der Waals surface area contributed by atoms with Gasteiger partial charge in [-0.05, 0) is 12.8 Å². The number of likely N-dealkylation sites (tertiary alicyclic amines) is 1. The average Bonchev–Trinajstić information content (AvgIpc) is 3.00. The Kier molecular flexibility index (Phi) is 6.79. The van der Waals surface area contributed by atoms with E-state index in [4.69, 9.17) is 5.26 Å². The Balaban J connectivity index is 1.89. The molecule has 0 radical (unpaired) electrons. The first-order valence-corrected chi connectivity index (χ1v) is 9.20. The van der Waals surface area contributed by atoms with Gasteiger partial charge >= 0.3 is 0 Å². The molecule has 140 valence electrons. The van der Waals surface area contributed by atoms with Crippen LogP contribution in [0.1, 0.15) is 27.2 Å². The van der Waals surface area contributed by atoms with E-state index in [0.717, 1.165) is 39.3 Å². The summed E-state index contributed by atoms with van der Waals surface area (Å²) in [5, 5.41) is 8.69. The Bertz CT molecular complexity index is 524. The summed E-state index contributed by atoms with van der Waals surface area (Å²) in [5.41, 5.74) is 0. The van der Waals surface area contributed by atoms with Crippen molar-refractivity contribution in [2.24, 2.45) is 5.92 Å². The average molecular weight is 349 g/mol. The molecule has 0 N–H and O–H groups in total. The van der Waals surface area contributed by atoms with Crippen LogP contribution in [0.5, 0.6) is 0 Å². The zero-order valence-electron chi connectivity index (χ0n) is 15.9. The van der Waals surface area contributed by atoms with E-state index < -0.39 is 0 Å². The van der Waals surface area contributed by atoms with Gasteiger partial charge in [0.05, 0.1) is 18.5 Å². The van der Waals surface area contributed by atoms with Crippen molar-refractivity contribution in [3.05, 3.63) is 0 Å². The highest BCUT2D eigenvalue weighted by Gasteiger charge is 2.39. The van der Waals surface area contributed by atoms with Crippen LogP contribution >= 0.6 is 0 Å². The van der Waals surface area contributed by atoms with Gasteiger partial charge in [-0.1, -0.05) is 6.92 Å². The molecule has 2 aliphatic rings. The summed E-state index contributed by atoms with van der Waals surface area (Å²) in [7, 11) is 1.77. The van der Waals surface area contributed by atoms with Crippen LogP contribution in [-0.2, 0) is 9.59 Å². The van der Waals surface area contributed by atoms with Crippen molar-refractivity contribution >= 4 is 11.8 Å². The van der Waals surface area contributed by atoms with Gasteiger partial charge < -0.3 is 9.80 Å². The van der Waals surface area contributed by atoms with Crippen LogP contribution in [0.15, 0.2) is 0 Å². The highest BCUT2D eigenvalue weighted by Crippen LogP contribution is 2.25. The number of likely N-dealkylation sites (N-methyl/N-ethyl adjacent to an activating group) is 1. The number of amides is 2. The number of carbonyl (C=O) groups is 2. The van der Waals surface area contributed by atoms with Gasteiger partial charge in [0, 0.05) is 65.8 Å². The predicted molar refractivity (Wildman–Crippen MR) is 95.7 cm³/mol. The summed E-state index contributed by atoms with van der Waals surface area (Å²) in [4.78, 5) is 32.3. The predicted octanol–water partition coefficient (Wildman–Crippen LogP) is 0.231. The van der Waals surface area contributed by atoms with E-state index in [1.54, 1.807) is 18.9 Å². The second-order valence-electron chi connectivity index (χ2n) is 7.38. The van der Waals surface area contributed by atoms with Crippen molar-refractivity contribution in [1.29, 1.82) is 5.26 Å². The fourth-order valence-corrected chi connectivity index (χ4v) is 3.95. The maximum absolute atomic E-state index is 12.6. The van der Waals surface area contributed by atoms with Gasteiger partial charge in [0.25, 0.3) is 0 Å². The zero-order chi connectivity index (χ0) is 18.6. The standard InChI is InChI=1S/C18H31N5O2/c1-14-12-23(15(2)18(25)20(4)7-5-6-19)13-17(14)22-10-8-21(9-11-22)16(3)24/h14-15,17H,5,7-13H2,1-4H3/t14-,15+,17+/m0/s1. The summed E-state index contributed by atoms with van der Waals surface area (Å²) in [6, 6.07) is 2.37. The molecule has 0 bridgehead atoms. The molecule has 3 atom stereocenters. The molecule has 7 heteroatoms. The van der Waals surface area contributed by atoms with Gasteiger partial charge in [-0.15, -0.1) is 0 Å². The van der Waals surface area contributed by atoms with E-state index in [1.165, 1.54) is 0 Å². The van der Waals surface area contributed by atoms with E-state index >= 15 is 0 Å². The number of rotatable bonds is 5. The van der Waals surface area contributed by atoms with Crippen LogP contribution in [0.4, 0.5) is 0 Å². The minimum absolute atomic E-state index is 0.0875. The molecular formula is C18H31N5O2. The quantitative estimate of drug-likeness (QED) is 0.711. The Morgan fingerprint density at radius 1 is 1.24 bits per heavy atom. The van der Waals surface area contributed by atoms with E-state index in [-0.39, 0.29) is 17.9 Å². The number of piperazine rings is 1. The van der Waals surface area contributed by atoms with Crippen LogP contribution in [0.2, 0.25) is 0 Å². The Morgan fingerprint density at radius 3 is 2.44 bits per heavy atom. The Labute approximate surface area is 151 Å². The number of nitriles is 1. The van der Waals surface area contributed by atoms with Crippen molar-refractivity contribution in [1.82, 2.24) is 19.6 Å². The molecule has 2 fully saturated rings. The molecule has 0 spiro atoms. The van der Waals surface area contributed by atoms with E-state index in [0.29, 0.717) is 24.9 Å². The zero-order valence-corrected chi connectivity index (χ0v) is 15.9. The first-order chi connectivity index (χ1) is 11.8. The van der Waals surface area contributed by atoms with Gasteiger partial charge in [-0.25, -0.2) is 0 Å². The van der Waals surface area contributed by atoms with Crippen molar-refractivity contribution < 1.29 is 9.59 Å². The third-order valence-corrected chi connectivity index (χ3v) is 5.67. The molecule has 2 amide bonds. The number of nitrogens with zero attached hydrogens (tertiary/aromatic N) is 5. The molecule has 2 aliphatic heterocycles. The van der Waals surface area contributed by atoms with Crippen molar-refractivity contribution in [2.75, 3.05) is 52.9 Å². The SMILES string of the molecule is CC(=O)N1CCN([C@@H]2CN([C@H](C)C(=O)N(C)CCC#N)C[C@@H]2C)CC1. The summed E-state index contributed by atoms with van der Waals surface area (Å²) in [6.45, 7) is 11.5. The summed E-state index contributed by atoms with van der Waals surface area (Å²) in [5.74, 6) is 0.744. The summed E-state index contributed by atoms with van der Waals surface area (Å²) in [6.07, 6.45) is 0.369. The molecule has 0 saturated carbocycles. The first-order valence-electron chi connectivity index (χ1n) is 9.20. The molecular weight excluding hydrogens is 318 g/mol. The maximum Gasteiger partial charge on any atom is 0.239 e. The third kappa shape index (κ3) is 4.71. The van der Waals surface area contributed by atoms with Gasteiger partial charge in [0.1, 0.15) is 0 Å². The van der Waals surface area contributed by atoms with Crippen LogP contribution in [0.25, 0.3) is 0 Å². The molecule has 0 aromatic carbocycles. The molecule has 25 heavy (non-hydrogen) atoms. The number of carbonyl (C=O) groups excluding carboxylic acids is 2. The first kappa shape index (κ1) is 19.7. The van der Waals surface area contributed by atoms with Crippen LogP contribution in [0.3, 0.4) is 0 Å². The van der Waals surface area contributed by atoms with Gasteiger partial charge in [0.15, 0.2) is 0 Å². The molecule has 0 aliphatic carbocycles. The van der Waals surface area contributed by atoms with Crippen molar-refractivity contribution in [3.8, 4) is 6.07 Å². The largest absolute Gasteiger partial charge is 0.343 e. The minimum atomic E-state index is -0.158. The molecule has 2 saturated heterocycles. The van der Waals surface area contributed by atoms with E-state index in [1.807, 2.05) is 11.8 Å². The fourth-order valence-electron chi connectivity index (χ4n) is 3.95. The van der Waals surface area contributed by atoms with E-state index in [2.05, 4.69) is 22.8 Å². The second-order valence-corrected chi connectivity index (χ2v) is 7.38. The summed E-state index contributed by atoms with van der Waals surface area (Å²) < 4.78 is 0. The fraction of sp³-hybridized carbons (Fsp3) is 0.833. The van der Waals surface area contributed by atoms with Gasteiger partial charge in [0.2, 0.25) is 11.8 Å². The summed E-state index contributed by atoms with van der Waals surface area (Å²) >= 11 is 0. The lowest BCUT2D eigenvalue weighted by Crippen LogP contribution is -2.53. The molecule has 7 nitrogen and oxygen atoms in total. The van der Waals surface area contributed by atoms with Crippen LogP contribution in [0, 0.1) is 17.2 Å². The number of hydrogen-bond donors (Lipinski definition) is 0. The third-order valence-electron chi connectivity index (χ3n) is 5.67. The molecule has 0 unspecified atom stereocenters. The normalized spacial score (nSPS) is 26.3. The lowest BCUT2D eigenvalue weighted by Gasteiger charge is -2.39. The Hall–Kier alpha value is -1.65. The van der Waals surface area contributed by atoms with Crippen LogP contribution in [-0.4, -0.2) is 96.4 Å². The van der Waals surface area contributed by atoms with Crippen molar-refractivity contribution in [3.63, 3.8) is 0 Å². The lowest BCUT2D eigenvalue weighted by molar-refractivity contribution is -0.135. The Morgan fingerprint density at radius 2 is 1.88 bits per heavy atom. The molecule has 2 heterocycles.